The number of hydrogen-bond acceptors (Lipinski definition) is 6. The first-order chi connectivity index (χ1) is 14.8. The molecule has 7 nitrogen and oxygen atoms in total. The molecule has 0 saturated carbocycles. The van der Waals surface area contributed by atoms with Gasteiger partial charge in [-0.2, -0.15) is 0 Å². The van der Waals surface area contributed by atoms with Crippen LogP contribution in [0.1, 0.15) is 36.2 Å². The van der Waals surface area contributed by atoms with Gasteiger partial charge in [-0.15, -0.1) is 0 Å². The molecular weight excluding hydrogens is 398 g/mol. The Morgan fingerprint density at radius 1 is 1.00 bits per heavy atom. The average molecular weight is 425 g/mol. The first kappa shape index (κ1) is 23.7. The predicted octanol–water partition coefficient (Wildman–Crippen LogP) is 4.13. The SMILES string of the molecule is COc1ccc(OC)c(/C=C/C(=O)OCC(=O)c2ccc(NC(=O)CC(C)C)cc2)c1. The van der Waals surface area contributed by atoms with Crippen LogP contribution in [-0.2, 0) is 14.3 Å². The maximum Gasteiger partial charge on any atom is 0.331 e. The van der Waals surface area contributed by atoms with E-state index < -0.39 is 12.6 Å². The summed E-state index contributed by atoms with van der Waals surface area (Å²) in [6.45, 7) is 3.54. The van der Waals surface area contributed by atoms with Crippen LogP contribution in [0.5, 0.6) is 11.5 Å². The van der Waals surface area contributed by atoms with Crippen molar-refractivity contribution in [3.05, 3.63) is 59.7 Å². The van der Waals surface area contributed by atoms with Gasteiger partial charge in [0, 0.05) is 29.3 Å². The van der Waals surface area contributed by atoms with Crippen molar-refractivity contribution in [1.82, 2.24) is 0 Å². The van der Waals surface area contributed by atoms with Gasteiger partial charge in [-0.3, -0.25) is 9.59 Å². The van der Waals surface area contributed by atoms with Gasteiger partial charge in [0.1, 0.15) is 11.5 Å². The van der Waals surface area contributed by atoms with Crippen LogP contribution in [0.15, 0.2) is 48.5 Å². The number of methoxy groups -OCH3 is 2. The molecule has 0 aliphatic heterocycles. The second kappa shape index (κ2) is 11.5. The van der Waals surface area contributed by atoms with Crippen molar-refractivity contribution in [2.24, 2.45) is 5.92 Å². The van der Waals surface area contributed by atoms with Crippen LogP contribution >= 0.6 is 0 Å². The minimum atomic E-state index is -0.657. The fourth-order valence-electron chi connectivity index (χ4n) is 2.72. The van der Waals surface area contributed by atoms with Crippen molar-refractivity contribution >= 4 is 29.4 Å². The largest absolute Gasteiger partial charge is 0.497 e. The number of ketones is 1. The van der Waals surface area contributed by atoms with E-state index in [4.69, 9.17) is 14.2 Å². The summed E-state index contributed by atoms with van der Waals surface area (Å²) >= 11 is 0. The molecule has 0 aromatic heterocycles. The molecule has 0 heterocycles. The predicted molar refractivity (Wildman–Crippen MR) is 118 cm³/mol. The number of Topliss-reactive ketones (excluding diaryl/α,β-unsaturated/α-hetero) is 1. The van der Waals surface area contributed by atoms with Gasteiger partial charge in [0.15, 0.2) is 12.4 Å². The molecule has 0 unspecified atom stereocenters. The standard InChI is InChI=1S/C24H27NO6/c1-16(2)13-23(27)25-19-8-5-17(6-9-19)21(26)15-31-24(28)12-7-18-14-20(29-3)10-11-22(18)30-4/h5-12,14,16H,13,15H2,1-4H3,(H,25,27)/b12-7+. The normalized spacial score (nSPS) is 10.7. The highest BCUT2D eigenvalue weighted by atomic mass is 16.5. The zero-order valence-electron chi connectivity index (χ0n) is 18.1. The highest BCUT2D eigenvalue weighted by molar-refractivity contribution is 5.99. The lowest BCUT2D eigenvalue weighted by Crippen LogP contribution is -2.14. The number of benzene rings is 2. The molecule has 164 valence electrons. The Labute approximate surface area is 182 Å². The summed E-state index contributed by atoms with van der Waals surface area (Å²) in [5, 5.41) is 2.78. The number of anilines is 1. The summed E-state index contributed by atoms with van der Waals surface area (Å²) in [4.78, 5) is 36.1. The summed E-state index contributed by atoms with van der Waals surface area (Å²) in [6.07, 6.45) is 3.17. The zero-order valence-corrected chi connectivity index (χ0v) is 18.1. The number of nitrogens with one attached hydrogen (secondary N) is 1. The highest BCUT2D eigenvalue weighted by Gasteiger charge is 2.10. The lowest BCUT2D eigenvalue weighted by atomic mass is 10.1. The van der Waals surface area contributed by atoms with Crippen molar-refractivity contribution in [3.63, 3.8) is 0 Å². The minimum Gasteiger partial charge on any atom is -0.497 e. The summed E-state index contributed by atoms with van der Waals surface area (Å²) in [7, 11) is 3.07. The van der Waals surface area contributed by atoms with Crippen LogP contribution < -0.4 is 14.8 Å². The Bertz CT molecular complexity index is 947. The van der Waals surface area contributed by atoms with Crippen LogP contribution in [0, 0.1) is 5.92 Å². The molecule has 0 aliphatic rings. The molecule has 0 aliphatic carbocycles. The van der Waals surface area contributed by atoms with Crippen LogP contribution in [0.25, 0.3) is 6.08 Å². The minimum absolute atomic E-state index is 0.0811. The van der Waals surface area contributed by atoms with Gasteiger partial charge >= 0.3 is 5.97 Å². The van der Waals surface area contributed by atoms with E-state index in [0.717, 1.165) is 0 Å². The number of carbonyl (C=O) groups is 3. The van der Waals surface area contributed by atoms with E-state index in [1.165, 1.54) is 19.3 Å². The van der Waals surface area contributed by atoms with Crippen molar-refractivity contribution in [2.75, 3.05) is 26.1 Å². The topological polar surface area (TPSA) is 90.9 Å². The maximum absolute atomic E-state index is 12.3. The fraction of sp³-hybridized carbons (Fsp3) is 0.292. The average Bonchev–Trinajstić information content (AvgIpc) is 2.75. The van der Waals surface area contributed by atoms with Crippen LogP contribution in [0.3, 0.4) is 0 Å². The number of esters is 1. The van der Waals surface area contributed by atoms with Crippen molar-refractivity contribution < 1.29 is 28.6 Å². The van der Waals surface area contributed by atoms with E-state index in [1.54, 1.807) is 49.6 Å². The van der Waals surface area contributed by atoms with Crippen LogP contribution in [-0.4, -0.2) is 38.5 Å². The fourth-order valence-corrected chi connectivity index (χ4v) is 2.72. The van der Waals surface area contributed by atoms with Crippen molar-refractivity contribution in [2.45, 2.75) is 20.3 Å². The lowest BCUT2D eigenvalue weighted by molar-refractivity contribution is -0.136. The summed E-state index contributed by atoms with van der Waals surface area (Å²) in [5.74, 6) is 0.364. The molecule has 0 radical (unpaired) electrons. The molecule has 1 amide bonds. The number of ether oxygens (including phenoxy) is 3. The Balaban J connectivity index is 1.90. The molecule has 2 aromatic rings. The maximum atomic E-state index is 12.3. The summed E-state index contributed by atoms with van der Waals surface area (Å²) < 4.78 is 15.4. The van der Waals surface area contributed by atoms with E-state index in [1.807, 2.05) is 13.8 Å². The van der Waals surface area contributed by atoms with Gasteiger partial charge in [-0.05, 0) is 54.5 Å². The molecule has 2 aromatic carbocycles. The summed E-state index contributed by atoms with van der Waals surface area (Å²) in [5.41, 5.74) is 1.63. The molecule has 2 rings (SSSR count). The van der Waals surface area contributed by atoms with Gasteiger partial charge in [0.25, 0.3) is 0 Å². The second-order valence-corrected chi connectivity index (χ2v) is 7.20. The van der Waals surface area contributed by atoms with E-state index in [0.29, 0.717) is 34.7 Å². The first-order valence-electron chi connectivity index (χ1n) is 9.82. The smallest absolute Gasteiger partial charge is 0.331 e. The molecule has 1 N–H and O–H groups in total. The molecule has 0 saturated heterocycles. The number of hydrogen-bond donors (Lipinski definition) is 1. The van der Waals surface area contributed by atoms with Gasteiger partial charge in [0.05, 0.1) is 14.2 Å². The lowest BCUT2D eigenvalue weighted by Gasteiger charge is -2.08. The zero-order chi connectivity index (χ0) is 22.8. The van der Waals surface area contributed by atoms with Crippen LogP contribution in [0.2, 0.25) is 0 Å². The van der Waals surface area contributed by atoms with E-state index >= 15 is 0 Å². The Hall–Kier alpha value is -3.61. The third-order valence-corrected chi connectivity index (χ3v) is 4.27. The van der Waals surface area contributed by atoms with E-state index in [2.05, 4.69) is 5.32 Å². The number of rotatable bonds is 10. The number of carbonyl (C=O) groups excluding carboxylic acids is 3. The molecule has 0 spiro atoms. The molecule has 0 atom stereocenters. The van der Waals surface area contributed by atoms with Crippen molar-refractivity contribution in [1.29, 1.82) is 0 Å². The monoisotopic (exact) mass is 425 g/mol. The molecule has 0 fully saturated rings. The number of amides is 1. The van der Waals surface area contributed by atoms with Gasteiger partial charge in [-0.25, -0.2) is 4.79 Å². The Morgan fingerprint density at radius 3 is 2.32 bits per heavy atom. The van der Waals surface area contributed by atoms with Gasteiger partial charge in [0.2, 0.25) is 5.91 Å². The third kappa shape index (κ3) is 7.62. The van der Waals surface area contributed by atoms with E-state index in [-0.39, 0.29) is 17.6 Å². The third-order valence-electron chi connectivity index (χ3n) is 4.27. The van der Waals surface area contributed by atoms with Crippen molar-refractivity contribution in [3.8, 4) is 11.5 Å². The van der Waals surface area contributed by atoms with Gasteiger partial charge in [-0.1, -0.05) is 13.8 Å². The van der Waals surface area contributed by atoms with Crippen LogP contribution in [0.4, 0.5) is 5.69 Å². The van der Waals surface area contributed by atoms with Gasteiger partial charge < -0.3 is 19.5 Å². The molecule has 0 bridgehead atoms. The Morgan fingerprint density at radius 2 is 1.71 bits per heavy atom. The Kier molecular flexibility index (Phi) is 8.81. The highest BCUT2D eigenvalue weighted by Crippen LogP contribution is 2.25. The first-order valence-corrected chi connectivity index (χ1v) is 9.82. The molecular formula is C24H27NO6. The molecule has 31 heavy (non-hydrogen) atoms. The quantitative estimate of drug-likeness (QED) is 0.350. The second-order valence-electron chi connectivity index (χ2n) is 7.20. The summed E-state index contributed by atoms with van der Waals surface area (Å²) in [6, 6.07) is 11.6. The van der Waals surface area contributed by atoms with E-state index in [9.17, 15) is 14.4 Å². The molecule has 7 heteroatoms.